The largest absolute Gasteiger partial charge is 0.416 e. The van der Waals surface area contributed by atoms with Gasteiger partial charge in [0.15, 0.2) is 5.96 Å². The molecule has 0 aromatic heterocycles. The minimum atomic E-state index is -4.32. The van der Waals surface area contributed by atoms with E-state index >= 15 is 0 Å². The summed E-state index contributed by atoms with van der Waals surface area (Å²) in [4.78, 5) is 20.6. The van der Waals surface area contributed by atoms with E-state index in [-0.39, 0.29) is 11.8 Å². The molecule has 1 atom stereocenters. The van der Waals surface area contributed by atoms with Gasteiger partial charge in [-0.15, -0.1) is 0 Å². The standard InChI is InChI=1S/C22H32F3N5O/c1-16(17-4-3-5-18(14-17)22(23,24)25)8-9-27-21(26-2)30-12-10-29(11-13-30)15-20(31)28-19-6-7-19/h3-5,14,16,19H,6-13,15H2,1-2H3,(H,26,27)(H,28,31). The van der Waals surface area contributed by atoms with Gasteiger partial charge in [-0.3, -0.25) is 14.7 Å². The molecule has 1 aromatic carbocycles. The molecule has 172 valence electrons. The van der Waals surface area contributed by atoms with Crippen LogP contribution in [0.25, 0.3) is 0 Å². The van der Waals surface area contributed by atoms with Crippen LogP contribution in [0.5, 0.6) is 0 Å². The fourth-order valence-electron chi connectivity index (χ4n) is 3.74. The first kappa shape index (κ1) is 23.4. The molecule has 0 bridgehead atoms. The Bertz CT molecular complexity index is 771. The highest BCUT2D eigenvalue weighted by Crippen LogP contribution is 2.31. The van der Waals surface area contributed by atoms with Gasteiger partial charge < -0.3 is 15.5 Å². The molecule has 1 aliphatic heterocycles. The first-order chi connectivity index (χ1) is 14.8. The monoisotopic (exact) mass is 439 g/mol. The lowest BCUT2D eigenvalue weighted by atomic mass is 9.96. The molecule has 2 fully saturated rings. The highest BCUT2D eigenvalue weighted by Gasteiger charge is 2.30. The third-order valence-electron chi connectivity index (χ3n) is 5.84. The predicted octanol–water partition coefficient (Wildman–Crippen LogP) is 2.67. The van der Waals surface area contributed by atoms with Gasteiger partial charge in [-0.2, -0.15) is 13.2 Å². The zero-order chi connectivity index (χ0) is 22.4. The van der Waals surface area contributed by atoms with Crippen molar-refractivity contribution in [3.05, 3.63) is 35.4 Å². The van der Waals surface area contributed by atoms with Gasteiger partial charge in [0.25, 0.3) is 0 Å². The summed E-state index contributed by atoms with van der Waals surface area (Å²) in [6.07, 6.45) is -1.44. The smallest absolute Gasteiger partial charge is 0.356 e. The van der Waals surface area contributed by atoms with Crippen molar-refractivity contribution in [1.82, 2.24) is 20.4 Å². The van der Waals surface area contributed by atoms with Crippen molar-refractivity contribution in [1.29, 1.82) is 0 Å². The van der Waals surface area contributed by atoms with E-state index in [4.69, 9.17) is 0 Å². The summed E-state index contributed by atoms with van der Waals surface area (Å²) in [5.41, 5.74) is 0.0778. The fourth-order valence-corrected chi connectivity index (χ4v) is 3.74. The van der Waals surface area contributed by atoms with Crippen LogP contribution in [-0.4, -0.2) is 74.0 Å². The Morgan fingerprint density at radius 1 is 1.23 bits per heavy atom. The van der Waals surface area contributed by atoms with Gasteiger partial charge >= 0.3 is 6.18 Å². The van der Waals surface area contributed by atoms with Crippen LogP contribution >= 0.6 is 0 Å². The van der Waals surface area contributed by atoms with Crippen molar-refractivity contribution in [2.45, 2.75) is 44.3 Å². The molecule has 31 heavy (non-hydrogen) atoms. The molecule has 2 N–H and O–H groups in total. The van der Waals surface area contributed by atoms with Gasteiger partial charge in [0.1, 0.15) is 0 Å². The minimum Gasteiger partial charge on any atom is -0.356 e. The molecule has 1 amide bonds. The first-order valence-electron chi connectivity index (χ1n) is 10.9. The third-order valence-corrected chi connectivity index (χ3v) is 5.84. The maximum absolute atomic E-state index is 12.9. The summed E-state index contributed by atoms with van der Waals surface area (Å²) >= 11 is 0. The van der Waals surface area contributed by atoms with Crippen molar-refractivity contribution >= 4 is 11.9 Å². The summed E-state index contributed by atoms with van der Waals surface area (Å²) in [7, 11) is 1.73. The number of halogens is 3. The van der Waals surface area contributed by atoms with Crippen molar-refractivity contribution in [3.8, 4) is 0 Å². The topological polar surface area (TPSA) is 60.0 Å². The molecule has 2 aliphatic rings. The highest BCUT2D eigenvalue weighted by atomic mass is 19.4. The fraction of sp³-hybridized carbons (Fsp3) is 0.636. The number of carbonyl (C=O) groups is 1. The number of hydrogen-bond donors (Lipinski definition) is 2. The van der Waals surface area contributed by atoms with Crippen LogP contribution < -0.4 is 10.6 Å². The lowest BCUT2D eigenvalue weighted by Crippen LogP contribution is -2.54. The van der Waals surface area contributed by atoms with Gasteiger partial charge in [0.2, 0.25) is 5.91 Å². The van der Waals surface area contributed by atoms with Crippen LogP contribution in [0.2, 0.25) is 0 Å². The Hall–Kier alpha value is -2.29. The lowest BCUT2D eigenvalue weighted by molar-refractivity contribution is -0.137. The molecule has 1 saturated carbocycles. The minimum absolute atomic E-state index is 0.00488. The normalized spacial score (nSPS) is 19.3. The molecule has 1 heterocycles. The molecule has 9 heteroatoms. The molecule has 0 spiro atoms. The number of piperazine rings is 1. The number of alkyl halides is 3. The van der Waals surface area contributed by atoms with E-state index in [0.717, 1.165) is 51.0 Å². The van der Waals surface area contributed by atoms with E-state index in [9.17, 15) is 18.0 Å². The molecule has 1 unspecified atom stereocenters. The Kier molecular flexibility index (Phi) is 7.80. The second kappa shape index (κ2) is 10.3. The van der Waals surface area contributed by atoms with Gasteiger partial charge in [0, 0.05) is 45.8 Å². The third kappa shape index (κ3) is 7.12. The number of guanidine groups is 1. The molecule has 1 saturated heterocycles. The summed E-state index contributed by atoms with van der Waals surface area (Å²) in [5.74, 6) is 0.884. The molecular formula is C22H32F3N5O. The van der Waals surface area contributed by atoms with Gasteiger partial charge in [0.05, 0.1) is 12.1 Å². The van der Waals surface area contributed by atoms with Crippen LogP contribution in [0.1, 0.15) is 43.2 Å². The molecule has 3 rings (SSSR count). The number of nitrogens with zero attached hydrogens (tertiary/aromatic N) is 3. The second-order valence-electron chi connectivity index (χ2n) is 8.39. The van der Waals surface area contributed by atoms with E-state index in [1.165, 1.54) is 12.1 Å². The Morgan fingerprint density at radius 3 is 2.55 bits per heavy atom. The number of carbonyl (C=O) groups excluding carboxylic acids is 1. The second-order valence-corrected chi connectivity index (χ2v) is 8.39. The van der Waals surface area contributed by atoms with Crippen molar-refractivity contribution in [2.75, 3.05) is 46.3 Å². The van der Waals surface area contributed by atoms with Gasteiger partial charge in [-0.05, 0) is 36.8 Å². The van der Waals surface area contributed by atoms with E-state index in [1.54, 1.807) is 13.1 Å². The predicted molar refractivity (Wildman–Crippen MR) is 115 cm³/mol. The maximum Gasteiger partial charge on any atom is 0.416 e. The van der Waals surface area contributed by atoms with E-state index in [1.807, 2.05) is 6.92 Å². The quantitative estimate of drug-likeness (QED) is 0.507. The Morgan fingerprint density at radius 2 is 1.94 bits per heavy atom. The van der Waals surface area contributed by atoms with E-state index in [0.29, 0.717) is 31.1 Å². The van der Waals surface area contributed by atoms with Crippen LogP contribution in [0.4, 0.5) is 13.2 Å². The Balaban J connectivity index is 1.41. The van der Waals surface area contributed by atoms with Gasteiger partial charge in [-0.25, -0.2) is 0 Å². The molecule has 0 radical (unpaired) electrons. The summed E-state index contributed by atoms with van der Waals surface area (Å²) in [6.45, 7) is 6.13. The average Bonchev–Trinajstić information content (AvgIpc) is 3.55. The van der Waals surface area contributed by atoms with Crippen LogP contribution in [0.15, 0.2) is 29.3 Å². The number of hydrogen-bond acceptors (Lipinski definition) is 3. The molecule has 1 aromatic rings. The lowest BCUT2D eigenvalue weighted by Gasteiger charge is -2.36. The molecule has 1 aliphatic carbocycles. The number of amides is 1. The van der Waals surface area contributed by atoms with Crippen molar-refractivity contribution < 1.29 is 18.0 Å². The van der Waals surface area contributed by atoms with Crippen molar-refractivity contribution in [3.63, 3.8) is 0 Å². The summed E-state index contributed by atoms with van der Waals surface area (Å²) in [5, 5.41) is 6.35. The maximum atomic E-state index is 12.9. The van der Waals surface area contributed by atoms with Crippen molar-refractivity contribution in [2.24, 2.45) is 4.99 Å². The van der Waals surface area contributed by atoms with E-state index in [2.05, 4.69) is 25.4 Å². The number of aliphatic imine (C=N–C) groups is 1. The number of rotatable bonds is 7. The average molecular weight is 440 g/mol. The van der Waals surface area contributed by atoms with Crippen LogP contribution in [0, 0.1) is 0 Å². The van der Waals surface area contributed by atoms with Crippen LogP contribution in [-0.2, 0) is 11.0 Å². The van der Waals surface area contributed by atoms with Crippen LogP contribution in [0.3, 0.4) is 0 Å². The summed E-state index contributed by atoms with van der Waals surface area (Å²) < 4.78 is 38.8. The van der Waals surface area contributed by atoms with Gasteiger partial charge in [-0.1, -0.05) is 25.1 Å². The highest BCUT2D eigenvalue weighted by molar-refractivity contribution is 5.80. The first-order valence-corrected chi connectivity index (χ1v) is 10.9. The number of benzene rings is 1. The Labute approximate surface area is 181 Å². The SMILES string of the molecule is CN=C(NCCC(C)c1cccc(C(F)(F)F)c1)N1CCN(CC(=O)NC2CC2)CC1. The molecule has 6 nitrogen and oxygen atoms in total. The number of nitrogens with one attached hydrogen (secondary N) is 2. The molecular weight excluding hydrogens is 407 g/mol. The zero-order valence-electron chi connectivity index (χ0n) is 18.2. The summed E-state index contributed by atoms with van der Waals surface area (Å²) in [6, 6.07) is 5.93. The van der Waals surface area contributed by atoms with E-state index < -0.39 is 11.7 Å². The zero-order valence-corrected chi connectivity index (χ0v) is 18.2.